The van der Waals surface area contributed by atoms with Gasteiger partial charge in [0.2, 0.25) is 0 Å². The van der Waals surface area contributed by atoms with Crippen molar-refractivity contribution in [2.45, 2.75) is 0 Å². The first kappa shape index (κ1) is 14.1. The van der Waals surface area contributed by atoms with E-state index in [-0.39, 0.29) is 11.5 Å². The van der Waals surface area contributed by atoms with E-state index in [0.29, 0.717) is 11.3 Å². The number of benzene rings is 1. The second kappa shape index (κ2) is 5.58. The van der Waals surface area contributed by atoms with Crippen molar-refractivity contribution in [3.8, 4) is 0 Å². The van der Waals surface area contributed by atoms with E-state index >= 15 is 0 Å². The average Bonchev–Trinajstić information content (AvgIpc) is 3.10. The number of carbonyl (C=O) groups is 1. The lowest BCUT2D eigenvalue weighted by molar-refractivity contribution is 0.0957. The fraction of sp³-hybridized carbons (Fsp3) is 0. The molecule has 0 spiro atoms. The van der Waals surface area contributed by atoms with Crippen LogP contribution in [0.5, 0.6) is 0 Å². The van der Waals surface area contributed by atoms with E-state index in [1.165, 1.54) is 30.7 Å². The lowest BCUT2D eigenvalue weighted by Gasteiger charge is -2.11. The summed E-state index contributed by atoms with van der Waals surface area (Å²) < 4.78 is 15.3. The Morgan fingerprint density at radius 3 is 2.92 bits per heavy atom. The third-order valence-corrected chi connectivity index (χ3v) is 3.53. The van der Waals surface area contributed by atoms with Crippen LogP contribution < -0.4 is 10.9 Å². The standard InChI is InChI=1S/C16H11FN6O/c17-10-3-4-13-12(8-10)20-15(14-2-1-7-23(13)14)21-22-16(24)11-5-6-18-9-19-11/h1-9H,(H,20,21)(H,22,24). The topological polar surface area (TPSA) is 84.2 Å². The summed E-state index contributed by atoms with van der Waals surface area (Å²) in [6.07, 6.45) is 4.61. The second-order valence-corrected chi connectivity index (χ2v) is 5.03. The molecule has 0 unspecified atom stereocenters. The molecule has 118 valence electrons. The fourth-order valence-electron chi connectivity index (χ4n) is 2.45. The Labute approximate surface area is 135 Å². The maximum atomic E-state index is 13.5. The predicted molar refractivity (Wildman–Crippen MR) is 85.8 cm³/mol. The van der Waals surface area contributed by atoms with Gasteiger partial charge in [0.1, 0.15) is 17.8 Å². The third-order valence-electron chi connectivity index (χ3n) is 3.53. The first-order valence-electron chi connectivity index (χ1n) is 7.11. The Bertz CT molecular complexity index is 1050. The number of carbonyl (C=O) groups excluding carboxylic acids is 1. The highest BCUT2D eigenvalue weighted by Gasteiger charge is 2.11. The van der Waals surface area contributed by atoms with Crippen LogP contribution in [0.3, 0.4) is 0 Å². The Balaban J connectivity index is 1.70. The number of rotatable bonds is 3. The summed E-state index contributed by atoms with van der Waals surface area (Å²) in [6.45, 7) is 0. The highest BCUT2D eigenvalue weighted by atomic mass is 19.1. The van der Waals surface area contributed by atoms with Gasteiger partial charge in [-0.2, -0.15) is 0 Å². The number of fused-ring (bicyclic) bond motifs is 3. The summed E-state index contributed by atoms with van der Waals surface area (Å²) in [5, 5.41) is 0. The van der Waals surface area contributed by atoms with Crippen LogP contribution >= 0.6 is 0 Å². The molecule has 4 rings (SSSR count). The minimum Gasteiger partial charge on any atom is -0.312 e. The molecule has 0 aliphatic carbocycles. The van der Waals surface area contributed by atoms with E-state index in [1.54, 1.807) is 6.07 Å². The molecule has 0 fully saturated rings. The summed E-state index contributed by atoms with van der Waals surface area (Å²) >= 11 is 0. The van der Waals surface area contributed by atoms with Gasteiger partial charge in [0.25, 0.3) is 5.91 Å². The van der Waals surface area contributed by atoms with Crippen molar-refractivity contribution in [2.24, 2.45) is 0 Å². The number of hydrazine groups is 1. The minimum absolute atomic E-state index is 0.218. The molecule has 3 heterocycles. The molecule has 1 aromatic carbocycles. The number of nitrogens with zero attached hydrogens (tertiary/aromatic N) is 4. The number of hydrogen-bond acceptors (Lipinski definition) is 5. The average molecular weight is 322 g/mol. The molecule has 0 aliphatic rings. The van der Waals surface area contributed by atoms with Crippen LogP contribution in [-0.4, -0.2) is 25.3 Å². The van der Waals surface area contributed by atoms with Crippen LogP contribution in [0, 0.1) is 5.82 Å². The Morgan fingerprint density at radius 1 is 1.17 bits per heavy atom. The van der Waals surface area contributed by atoms with E-state index in [0.717, 1.165) is 11.0 Å². The van der Waals surface area contributed by atoms with Crippen molar-refractivity contribution in [3.63, 3.8) is 0 Å². The summed E-state index contributed by atoms with van der Waals surface area (Å²) in [4.78, 5) is 24.1. The summed E-state index contributed by atoms with van der Waals surface area (Å²) in [7, 11) is 0. The van der Waals surface area contributed by atoms with Gasteiger partial charge in [-0.1, -0.05) is 0 Å². The van der Waals surface area contributed by atoms with Crippen molar-refractivity contribution in [3.05, 3.63) is 66.6 Å². The molecule has 4 aromatic rings. The first-order chi connectivity index (χ1) is 11.7. The smallest absolute Gasteiger partial charge is 0.288 e. The third kappa shape index (κ3) is 2.39. The highest BCUT2D eigenvalue weighted by Crippen LogP contribution is 2.22. The molecule has 0 atom stereocenters. The summed E-state index contributed by atoms with van der Waals surface area (Å²) in [6, 6.07) is 9.56. The number of halogens is 1. The van der Waals surface area contributed by atoms with Crippen LogP contribution in [0.4, 0.5) is 10.2 Å². The normalized spacial score (nSPS) is 10.9. The van der Waals surface area contributed by atoms with Gasteiger partial charge in [0.15, 0.2) is 5.82 Å². The molecule has 24 heavy (non-hydrogen) atoms. The van der Waals surface area contributed by atoms with Crippen LogP contribution in [-0.2, 0) is 0 Å². The molecule has 0 aliphatic heterocycles. The Morgan fingerprint density at radius 2 is 2.08 bits per heavy atom. The number of nitrogens with one attached hydrogen (secondary N) is 2. The Hall–Kier alpha value is -3.55. The molecular weight excluding hydrogens is 311 g/mol. The molecule has 0 bridgehead atoms. The monoisotopic (exact) mass is 322 g/mol. The van der Waals surface area contributed by atoms with E-state index in [2.05, 4.69) is 25.8 Å². The van der Waals surface area contributed by atoms with Crippen molar-refractivity contribution in [2.75, 3.05) is 5.43 Å². The largest absolute Gasteiger partial charge is 0.312 e. The Kier molecular flexibility index (Phi) is 3.27. The first-order valence-corrected chi connectivity index (χ1v) is 7.11. The molecule has 1 amide bonds. The van der Waals surface area contributed by atoms with Gasteiger partial charge in [0, 0.05) is 18.5 Å². The van der Waals surface area contributed by atoms with Crippen LogP contribution in [0.2, 0.25) is 0 Å². The van der Waals surface area contributed by atoms with Gasteiger partial charge in [-0.3, -0.25) is 15.6 Å². The zero-order valence-corrected chi connectivity index (χ0v) is 12.3. The number of hydrogen-bond donors (Lipinski definition) is 2. The molecular formula is C16H11FN6O. The lowest BCUT2D eigenvalue weighted by Crippen LogP contribution is -2.30. The molecule has 0 saturated heterocycles. The number of aromatic nitrogens is 4. The van der Waals surface area contributed by atoms with Crippen LogP contribution in [0.15, 0.2) is 55.1 Å². The van der Waals surface area contributed by atoms with Gasteiger partial charge in [-0.05, 0) is 30.3 Å². The van der Waals surface area contributed by atoms with Crippen molar-refractivity contribution >= 4 is 28.3 Å². The maximum absolute atomic E-state index is 13.5. The zero-order valence-electron chi connectivity index (χ0n) is 12.3. The summed E-state index contributed by atoms with van der Waals surface area (Å²) in [5.74, 6) is -0.402. The maximum Gasteiger partial charge on any atom is 0.288 e. The van der Waals surface area contributed by atoms with Crippen LogP contribution in [0.1, 0.15) is 10.5 Å². The van der Waals surface area contributed by atoms with E-state index < -0.39 is 5.91 Å². The van der Waals surface area contributed by atoms with Gasteiger partial charge in [-0.15, -0.1) is 0 Å². The number of amides is 1. The van der Waals surface area contributed by atoms with E-state index in [1.807, 2.05) is 22.7 Å². The quantitative estimate of drug-likeness (QED) is 0.565. The zero-order chi connectivity index (χ0) is 16.5. The number of anilines is 1. The van der Waals surface area contributed by atoms with Gasteiger partial charge >= 0.3 is 0 Å². The predicted octanol–water partition coefficient (Wildman–Crippen LogP) is 2.17. The van der Waals surface area contributed by atoms with E-state index in [9.17, 15) is 9.18 Å². The van der Waals surface area contributed by atoms with Crippen molar-refractivity contribution in [1.29, 1.82) is 0 Å². The van der Waals surface area contributed by atoms with E-state index in [4.69, 9.17) is 0 Å². The minimum atomic E-state index is -0.428. The molecule has 2 N–H and O–H groups in total. The van der Waals surface area contributed by atoms with Crippen molar-refractivity contribution < 1.29 is 9.18 Å². The SMILES string of the molecule is O=C(NNc1nc2cc(F)ccc2n2cccc12)c1ccncn1. The molecule has 7 nitrogen and oxygen atoms in total. The molecule has 3 aromatic heterocycles. The summed E-state index contributed by atoms with van der Waals surface area (Å²) in [5.41, 5.74) is 7.50. The van der Waals surface area contributed by atoms with Gasteiger partial charge in [-0.25, -0.2) is 19.3 Å². The van der Waals surface area contributed by atoms with Gasteiger partial charge < -0.3 is 4.40 Å². The molecule has 0 radical (unpaired) electrons. The van der Waals surface area contributed by atoms with Gasteiger partial charge in [0.05, 0.1) is 16.6 Å². The lowest BCUT2D eigenvalue weighted by atomic mass is 10.3. The highest BCUT2D eigenvalue weighted by molar-refractivity contribution is 5.93. The van der Waals surface area contributed by atoms with Crippen molar-refractivity contribution in [1.82, 2.24) is 24.8 Å². The molecule has 8 heteroatoms. The van der Waals surface area contributed by atoms with Crippen LogP contribution in [0.25, 0.3) is 16.6 Å². The second-order valence-electron chi connectivity index (χ2n) is 5.03. The fourth-order valence-corrected chi connectivity index (χ4v) is 2.45. The molecule has 0 saturated carbocycles.